The van der Waals surface area contributed by atoms with Gasteiger partial charge in [0, 0.05) is 13.0 Å². The van der Waals surface area contributed by atoms with E-state index in [0.717, 1.165) is 0 Å². The van der Waals surface area contributed by atoms with Gasteiger partial charge in [-0.05, 0) is 12.8 Å². The van der Waals surface area contributed by atoms with Crippen molar-refractivity contribution >= 4 is 5.97 Å². The van der Waals surface area contributed by atoms with E-state index in [0.29, 0.717) is 11.3 Å². The van der Waals surface area contributed by atoms with Crippen LogP contribution in [0.3, 0.4) is 0 Å². The maximum Gasteiger partial charge on any atom is 0.355 e. The Morgan fingerprint density at radius 1 is 1.64 bits per heavy atom. The molecule has 0 unspecified atom stereocenters. The largest absolute Gasteiger partial charge is 0.476 e. The number of hydrogen-bond donors (Lipinski definition) is 1. The number of carboxylic acid groups (broad SMARTS) is 1. The summed E-state index contributed by atoms with van der Waals surface area (Å²) in [5.41, 5.74) is 0.805. The molecule has 0 aromatic carbocycles. The first-order valence-corrected chi connectivity index (χ1v) is 3.75. The number of aryl methyl sites for hydroxylation is 2. The molecule has 0 radical (unpaired) electrons. The second-order valence-electron chi connectivity index (χ2n) is 2.60. The summed E-state index contributed by atoms with van der Waals surface area (Å²) in [4.78, 5) is 10.8. The van der Waals surface area contributed by atoms with Crippen molar-refractivity contribution in [2.75, 3.05) is 0 Å². The Labute approximate surface area is 80.6 Å². The fourth-order valence-electron chi connectivity index (χ4n) is 1.14. The van der Waals surface area contributed by atoms with Gasteiger partial charge in [-0.1, -0.05) is 0 Å². The van der Waals surface area contributed by atoms with Crippen LogP contribution in [0.5, 0.6) is 0 Å². The van der Waals surface area contributed by atoms with E-state index in [9.17, 15) is 4.79 Å². The summed E-state index contributed by atoms with van der Waals surface area (Å²) >= 11 is 0. The molecule has 0 amide bonds. The van der Waals surface area contributed by atoms with Crippen molar-refractivity contribution in [2.45, 2.75) is 6.92 Å². The number of carboxylic acids is 1. The lowest BCUT2D eigenvalue weighted by molar-refractivity contribution is 0.0684. The summed E-state index contributed by atoms with van der Waals surface area (Å²) < 4.78 is 1.24. The Hall–Kier alpha value is -2.27. The Morgan fingerprint density at radius 3 is 2.79 bits per heavy atom. The van der Waals surface area contributed by atoms with Gasteiger partial charge in [-0.15, -0.1) is 0 Å². The van der Waals surface area contributed by atoms with Gasteiger partial charge >= 0.3 is 5.97 Å². The molecule has 0 aliphatic rings. The normalized spacial score (nSPS) is 8.64. The van der Waals surface area contributed by atoms with Crippen LogP contribution in [0, 0.1) is 30.1 Å². The van der Waals surface area contributed by atoms with Crippen molar-refractivity contribution in [3.63, 3.8) is 0 Å². The second-order valence-corrected chi connectivity index (χ2v) is 2.60. The number of carbonyl (C=O) groups is 1. The first kappa shape index (κ1) is 9.82. The highest BCUT2D eigenvalue weighted by atomic mass is 16.4. The van der Waals surface area contributed by atoms with Crippen LogP contribution in [0.25, 0.3) is 0 Å². The van der Waals surface area contributed by atoms with Crippen molar-refractivity contribution in [3.8, 4) is 17.9 Å². The monoisotopic (exact) mass is 189 g/mol. The van der Waals surface area contributed by atoms with Gasteiger partial charge in [0.25, 0.3) is 0 Å². The first-order chi connectivity index (χ1) is 6.57. The van der Waals surface area contributed by atoms with Gasteiger partial charge in [0.05, 0.1) is 11.3 Å². The SMILES string of the molecule is Cc1nn(C)c(C(=O)O)c1C#CC#N. The molecule has 1 N–H and O–H groups in total. The van der Waals surface area contributed by atoms with Gasteiger partial charge in [-0.3, -0.25) is 4.68 Å². The number of aromatic carboxylic acids is 1. The van der Waals surface area contributed by atoms with E-state index in [2.05, 4.69) is 16.9 Å². The van der Waals surface area contributed by atoms with Crippen LogP contribution in [-0.4, -0.2) is 20.9 Å². The lowest BCUT2D eigenvalue weighted by Gasteiger charge is -1.93. The maximum absolute atomic E-state index is 10.8. The zero-order chi connectivity index (χ0) is 10.7. The quantitative estimate of drug-likeness (QED) is 0.644. The minimum Gasteiger partial charge on any atom is -0.476 e. The molecular formula is C9H7N3O2. The summed E-state index contributed by atoms with van der Waals surface area (Å²) in [6, 6.07) is 1.63. The van der Waals surface area contributed by atoms with E-state index >= 15 is 0 Å². The minimum atomic E-state index is -1.10. The minimum absolute atomic E-state index is 0.00486. The van der Waals surface area contributed by atoms with E-state index in [1.54, 1.807) is 13.0 Å². The highest BCUT2D eigenvalue weighted by Gasteiger charge is 2.17. The highest BCUT2D eigenvalue weighted by molar-refractivity contribution is 5.89. The smallest absolute Gasteiger partial charge is 0.355 e. The lowest BCUT2D eigenvalue weighted by atomic mass is 10.2. The third kappa shape index (κ3) is 1.57. The Kier molecular flexibility index (Phi) is 2.54. The third-order valence-electron chi connectivity index (χ3n) is 1.67. The number of nitrogens with zero attached hydrogens (tertiary/aromatic N) is 3. The van der Waals surface area contributed by atoms with Gasteiger partial charge in [0.1, 0.15) is 0 Å². The Bertz CT molecular complexity index is 483. The van der Waals surface area contributed by atoms with E-state index in [4.69, 9.17) is 10.4 Å². The molecular weight excluding hydrogens is 182 g/mol. The van der Waals surface area contributed by atoms with Gasteiger partial charge in [0.2, 0.25) is 0 Å². The molecule has 5 nitrogen and oxygen atoms in total. The number of aromatic nitrogens is 2. The van der Waals surface area contributed by atoms with Crippen molar-refractivity contribution < 1.29 is 9.90 Å². The predicted octanol–water partition coefficient (Wildman–Crippen LogP) is 0.302. The molecule has 0 aliphatic carbocycles. The zero-order valence-electron chi connectivity index (χ0n) is 7.70. The molecule has 1 aromatic heterocycles. The van der Waals surface area contributed by atoms with E-state index in [-0.39, 0.29) is 5.69 Å². The Balaban J connectivity index is 3.41. The molecule has 14 heavy (non-hydrogen) atoms. The van der Waals surface area contributed by atoms with Gasteiger partial charge < -0.3 is 5.11 Å². The second kappa shape index (κ2) is 3.63. The molecule has 1 heterocycles. The van der Waals surface area contributed by atoms with Crippen molar-refractivity contribution in [1.82, 2.24) is 9.78 Å². The molecule has 0 atom stereocenters. The fourth-order valence-corrected chi connectivity index (χ4v) is 1.14. The van der Waals surface area contributed by atoms with Gasteiger partial charge in [0.15, 0.2) is 11.8 Å². The topological polar surface area (TPSA) is 78.9 Å². The molecule has 0 spiro atoms. The molecule has 0 fully saturated rings. The van der Waals surface area contributed by atoms with Crippen LogP contribution in [0.2, 0.25) is 0 Å². The van der Waals surface area contributed by atoms with Crippen LogP contribution in [0.15, 0.2) is 0 Å². The standard InChI is InChI=1S/C9H7N3O2/c1-6-7(4-3-5-10)8(9(13)14)12(2)11-6/h1-2H3,(H,13,14). The molecule has 70 valence electrons. The van der Waals surface area contributed by atoms with Crippen molar-refractivity contribution in [3.05, 3.63) is 17.0 Å². The molecule has 1 rings (SSSR count). The third-order valence-corrected chi connectivity index (χ3v) is 1.67. The summed E-state index contributed by atoms with van der Waals surface area (Å²) in [5.74, 6) is 3.51. The molecule has 0 bridgehead atoms. The highest BCUT2D eigenvalue weighted by Crippen LogP contribution is 2.11. The molecule has 1 aromatic rings. The maximum atomic E-state index is 10.8. The summed E-state index contributed by atoms with van der Waals surface area (Å²) in [7, 11) is 1.52. The van der Waals surface area contributed by atoms with Crippen molar-refractivity contribution in [2.24, 2.45) is 7.05 Å². The zero-order valence-corrected chi connectivity index (χ0v) is 7.70. The average molecular weight is 189 g/mol. The number of hydrogen-bond acceptors (Lipinski definition) is 3. The van der Waals surface area contributed by atoms with Crippen LogP contribution < -0.4 is 0 Å². The van der Waals surface area contributed by atoms with Crippen LogP contribution in [-0.2, 0) is 7.05 Å². The van der Waals surface area contributed by atoms with Crippen LogP contribution in [0.4, 0.5) is 0 Å². The Morgan fingerprint density at radius 2 is 2.29 bits per heavy atom. The van der Waals surface area contributed by atoms with Crippen molar-refractivity contribution in [1.29, 1.82) is 5.26 Å². The molecule has 0 aliphatic heterocycles. The van der Waals surface area contributed by atoms with E-state index in [1.807, 2.05) is 0 Å². The fraction of sp³-hybridized carbons (Fsp3) is 0.222. The van der Waals surface area contributed by atoms with E-state index in [1.165, 1.54) is 11.7 Å². The van der Waals surface area contributed by atoms with Crippen LogP contribution in [0.1, 0.15) is 21.7 Å². The number of nitriles is 1. The average Bonchev–Trinajstić information content (AvgIpc) is 2.37. The summed E-state index contributed by atoms with van der Waals surface area (Å²) in [6.45, 7) is 1.65. The summed E-state index contributed by atoms with van der Waals surface area (Å²) in [6.07, 6.45) is 0. The predicted molar refractivity (Wildman–Crippen MR) is 47.4 cm³/mol. The molecule has 0 saturated heterocycles. The van der Waals surface area contributed by atoms with E-state index < -0.39 is 5.97 Å². The van der Waals surface area contributed by atoms with Gasteiger partial charge in [-0.25, -0.2) is 4.79 Å². The molecule has 5 heteroatoms. The molecule has 0 saturated carbocycles. The lowest BCUT2D eigenvalue weighted by Crippen LogP contribution is -2.06. The number of rotatable bonds is 1. The van der Waals surface area contributed by atoms with Gasteiger partial charge in [-0.2, -0.15) is 10.4 Å². The summed E-state index contributed by atoms with van der Waals surface area (Å²) in [5, 5.41) is 21.0. The first-order valence-electron chi connectivity index (χ1n) is 3.75. The van der Waals surface area contributed by atoms with Crippen LogP contribution >= 0.6 is 0 Å².